The second-order valence-electron chi connectivity index (χ2n) is 4.81. The van der Waals surface area contributed by atoms with Gasteiger partial charge < -0.3 is 15.4 Å². The molecule has 2 amide bonds. The lowest BCUT2D eigenvalue weighted by Crippen LogP contribution is -2.49. The van der Waals surface area contributed by atoms with Crippen LogP contribution in [-0.4, -0.2) is 30.8 Å². The summed E-state index contributed by atoms with van der Waals surface area (Å²) in [6.07, 6.45) is 6.78. The van der Waals surface area contributed by atoms with Crippen LogP contribution in [0.4, 0.5) is 4.79 Å². The van der Waals surface area contributed by atoms with Gasteiger partial charge >= 0.3 is 6.03 Å². The predicted molar refractivity (Wildman–Crippen MR) is 73.6 cm³/mol. The summed E-state index contributed by atoms with van der Waals surface area (Å²) >= 11 is 0. The summed E-state index contributed by atoms with van der Waals surface area (Å²) < 4.78 is 5.63. The Labute approximate surface area is 110 Å². The molecule has 0 aromatic rings. The van der Waals surface area contributed by atoms with E-state index in [-0.39, 0.29) is 24.2 Å². The molecule has 4 nitrogen and oxygen atoms in total. The van der Waals surface area contributed by atoms with E-state index >= 15 is 0 Å². The van der Waals surface area contributed by atoms with Crippen LogP contribution < -0.4 is 10.6 Å². The third-order valence-electron chi connectivity index (χ3n) is 3.45. The minimum Gasteiger partial charge on any atom is -0.376 e. The van der Waals surface area contributed by atoms with Crippen molar-refractivity contribution >= 4 is 6.03 Å². The maximum atomic E-state index is 11.9. The average molecular weight is 254 g/mol. The normalized spacial score (nSPS) is 22.2. The Balaban J connectivity index is 2.38. The van der Waals surface area contributed by atoms with E-state index in [0.29, 0.717) is 0 Å². The van der Waals surface area contributed by atoms with Gasteiger partial charge in [0.05, 0.1) is 12.1 Å². The first-order valence-corrected chi connectivity index (χ1v) is 7.00. The highest BCUT2D eigenvalue weighted by Gasteiger charge is 2.26. The molecule has 3 atom stereocenters. The molecule has 1 saturated heterocycles. The zero-order valence-electron chi connectivity index (χ0n) is 11.6. The number of ether oxygens (including phenoxy) is 1. The number of hydrogen-bond donors (Lipinski definition) is 2. The summed E-state index contributed by atoms with van der Waals surface area (Å²) in [5, 5.41) is 6.00. The van der Waals surface area contributed by atoms with Gasteiger partial charge in [-0.2, -0.15) is 0 Å². The molecule has 1 rings (SSSR count). The first-order valence-electron chi connectivity index (χ1n) is 7.00. The van der Waals surface area contributed by atoms with E-state index in [1.54, 1.807) is 0 Å². The largest absolute Gasteiger partial charge is 0.376 e. The second-order valence-corrected chi connectivity index (χ2v) is 4.81. The third kappa shape index (κ3) is 4.69. The van der Waals surface area contributed by atoms with Gasteiger partial charge in [-0.1, -0.05) is 19.9 Å². The van der Waals surface area contributed by atoms with Crippen molar-refractivity contribution in [2.45, 2.75) is 64.1 Å². The van der Waals surface area contributed by atoms with Crippen LogP contribution in [0, 0.1) is 0 Å². The maximum absolute atomic E-state index is 11.9. The molecule has 0 radical (unpaired) electrons. The molecule has 1 aliphatic heterocycles. The number of hydrogen-bond acceptors (Lipinski definition) is 2. The highest BCUT2D eigenvalue weighted by atomic mass is 16.5. The SMILES string of the molecule is C=CC[C@H](CC)NC(=O)N[C@@H](CC)[C@@H]1CCCO1. The average Bonchev–Trinajstić information content (AvgIpc) is 2.89. The topological polar surface area (TPSA) is 50.4 Å². The van der Waals surface area contributed by atoms with Crippen molar-refractivity contribution in [3.63, 3.8) is 0 Å². The molecule has 0 aromatic heterocycles. The lowest BCUT2D eigenvalue weighted by molar-refractivity contribution is 0.0794. The van der Waals surface area contributed by atoms with E-state index < -0.39 is 0 Å². The Morgan fingerprint density at radius 3 is 2.72 bits per heavy atom. The van der Waals surface area contributed by atoms with Crippen molar-refractivity contribution in [2.75, 3.05) is 6.61 Å². The van der Waals surface area contributed by atoms with Crippen molar-refractivity contribution in [2.24, 2.45) is 0 Å². The summed E-state index contributed by atoms with van der Waals surface area (Å²) in [7, 11) is 0. The van der Waals surface area contributed by atoms with E-state index in [1.165, 1.54) is 0 Å². The molecule has 1 heterocycles. The standard InChI is InChI=1S/C14H26N2O2/c1-4-8-11(5-2)15-14(17)16-12(6-3)13-9-7-10-18-13/h4,11-13H,1,5-10H2,2-3H3,(H2,15,16,17)/t11-,12-,13-/m0/s1. The van der Waals surface area contributed by atoms with E-state index in [0.717, 1.165) is 38.7 Å². The monoisotopic (exact) mass is 254 g/mol. The Morgan fingerprint density at radius 2 is 2.22 bits per heavy atom. The summed E-state index contributed by atoms with van der Waals surface area (Å²) in [5.74, 6) is 0. The fourth-order valence-electron chi connectivity index (χ4n) is 2.30. The minimum atomic E-state index is -0.0916. The smallest absolute Gasteiger partial charge is 0.315 e. The van der Waals surface area contributed by atoms with Crippen LogP contribution in [0.5, 0.6) is 0 Å². The van der Waals surface area contributed by atoms with Crippen LogP contribution in [0.25, 0.3) is 0 Å². The molecule has 0 saturated carbocycles. The second kappa shape index (κ2) is 8.14. The summed E-state index contributed by atoms with van der Waals surface area (Å²) in [6, 6.07) is 0.198. The molecular weight excluding hydrogens is 228 g/mol. The Bertz CT molecular complexity index is 263. The van der Waals surface area contributed by atoms with Crippen LogP contribution in [0.2, 0.25) is 0 Å². The van der Waals surface area contributed by atoms with E-state index in [4.69, 9.17) is 4.74 Å². The van der Waals surface area contributed by atoms with Crippen molar-refractivity contribution in [1.82, 2.24) is 10.6 Å². The van der Waals surface area contributed by atoms with Crippen molar-refractivity contribution in [3.05, 3.63) is 12.7 Å². The molecular formula is C14H26N2O2. The first-order chi connectivity index (χ1) is 8.71. The number of urea groups is 1. The van der Waals surface area contributed by atoms with Crippen molar-refractivity contribution in [1.29, 1.82) is 0 Å². The van der Waals surface area contributed by atoms with Gasteiger partial charge in [0, 0.05) is 12.6 Å². The quantitative estimate of drug-likeness (QED) is 0.686. The molecule has 4 heteroatoms. The van der Waals surface area contributed by atoms with Crippen LogP contribution in [0.15, 0.2) is 12.7 Å². The van der Waals surface area contributed by atoms with Gasteiger partial charge in [-0.25, -0.2) is 4.79 Å². The van der Waals surface area contributed by atoms with Gasteiger partial charge in [0.25, 0.3) is 0 Å². The molecule has 1 fully saturated rings. The van der Waals surface area contributed by atoms with E-state index in [2.05, 4.69) is 31.1 Å². The van der Waals surface area contributed by atoms with Crippen LogP contribution >= 0.6 is 0 Å². The third-order valence-corrected chi connectivity index (χ3v) is 3.45. The molecule has 0 aliphatic carbocycles. The Kier molecular flexibility index (Phi) is 6.80. The zero-order chi connectivity index (χ0) is 13.4. The lowest BCUT2D eigenvalue weighted by Gasteiger charge is -2.24. The van der Waals surface area contributed by atoms with Crippen LogP contribution in [-0.2, 0) is 4.74 Å². The van der Waals surface area contributed by atoms with E-state index in [9.17, 15) is 4.79 Å². The number of nitrogens with one attached hydrogen (secondary N) is 2. The van der Waals surface area contributed by atoms with Gasteiger partial charge in [0.1, 0.15) is 0 Å². The molecule has 0 unspecified atom stereocenters. The number of rotatable bonds is 7. The van der Waals surface area contributed by atoms with Crippen LogP contribution in [0.3, 0.4) is 0 Å². The number of carbonyl (C=O) groups is 1. The van der Waals surface area contributed by atoms with Gasteiger partial charge in [-0.05, 0) is 32.1 Å². The minimum absolute atomic E-state index is 0.0916. The number of carbonyl (C=O) groups excluding carboxylic acids is 1. The molecule has 0 aromatic carbocycles. The van der Waals surface area contributed by atoms with Gasteiger partial charge in [0.15, 0.2) is 0 Å². The van der Waals surface area contributed by atoms with Gasteiger partial charge in [-0.15, -0.1) is 6.58 Å². The van der Waals surface area contributed by atoms with Crippen molar-refractivity contribution in [3.8, 4) is 0 Å². The molecule has 104 valence electrons. The fourth-order valence-corrected chi connectivity index (χ4v) is 2.30. The molecule has 1 aliphatic rings. The van der Waals surface area contributed by atoms with Crippen molar-refractivity contribution < 1.29 is 9.53 Å². The highest BCUT2D eigenvalue weighted by Crippen LogP contribution is 2.17. The predicted octanol–water partition coefficient (Wildman–Crippen LogP) is 2.60. The molecule has 18 heavy (non-hydrogen) atoms. The Morgan fingerprint density at radius 1 is 1.44 bits per heavy atom. The molecule has 0 bridgehead atoms. The highest BCUT2D eigenvalue weighted by molar-refractivity contribution is 5.74. The summed E-state index contributed by atoms with van der Waals surface area (Å²) in [6.45, 7) is 8.66. The summed E-state index contributed by atoms with van der Waals surface area (Å²) in [5.41, 5.74) is 0. The van der Waals surface area contributed by atoms with Gasteiger partial charge in [-0.3, -0.25) is 0 Å². The molecule has 2 N–H and O–H groups in total. The Hall–Kier alpha value is -1.03. The lowest BCUT2D eigenvalue weighted by atomic mass is 10.1. The van der Waals surface area contributed by atoms with Crippen LogP contribution in [0.1, 0.15) is 46.0 Å². The van der Waals surface area contributed by atoms with E-state index in [1.807, 2.05) is 6.08 Å². The first kappa shape index (κ1) is 15.0. The fraction of sp³-hybridized carbons (Fsp3) is 0.786. The number of amides is 2. The summed E-state index contributed by atoms with van der Waals surface area (Å²) in [4.78, 5) is 11.9. The zero-order valence-corrected chi connectivity index (χ0v) is 11.6. The maximum Gasteiger partial charge on any atom is 0.315 e. The van der Waals surface area contributed by atoms with Gasteiger partial charge in [0.2, 0.25) is 0 Å². The molecule has 0 spiro atoms.